The number of ether oxygens (including phenoxy) is 2. The number of rotatable bonds is 9. The number of hydrogen-bond donors (Lipinski definition) is 2. The predicted octanol–water partition coefficient (Wildman–Crippen LogP) is 3.75. The minimum atomic E-state index is -0.765. The molecule has 0 bridgehead atoms. The van der Waals surface area contributed by atoms with Gasteiger partial charge in [0.2, 0.25) is 0 Å². The number of carboxylic acid groups (broad SMARTS) is 1. The first kappa shape index (κ1) is 19.6. The molecular weight excluding hydrogens is 362 g/mol. The molecule has 27 heavy (non-hydrogen) atoms. The van der Waals surface area contributed by atoms with E-state index in [0.717, 1.165) is 28.4 Å². The third-order valence-corrected chi connectivity index (χ3v) is 5.38. The van der Waals surface area contributed by atoms with Gasteiger partial charge in [0, 0.05) is 23.9 Å². The highest BCUT2D eigenvalue weighted by atomic mass is 32.2. The zero-order chi connectivity index (χ0) is 19.1. The van der Waals surface area contributed by atoms with Crippen molar-refractivity contribution < 1.29 is 19.4 Å². The largest absolute Gasteiger partial charge is 0.486 e. The summed E-state index contributed by atoms with van der Waals surface area (Å²) in [4.78, 5) is 12.2. The summed E-state index contributed by atoms with van der Waals surface area (Å²) in [7, 11) is 0. The van der Waals surface area contributed by atoms with Crippen LogP contribution < -0.4 is 14.8 Å². The van der Waals surface area contributed by atoms with Crippen molar-refractivity contribution in [3.8, 4) is 11.5 Å². The molecule has 0 spiro atoms. The molecule has 2 aromatic rings. The molecule has 1 heterocycles. The zero-order valence-corrected chi connectivity index (χ0v) is 16.3. The molecule has 0 fully saturated rings. The van der Waals surface area contributed by atoms with Gasteiger partial charge in [0.25, 0.3) is 0 Å². The van der Waals surface area contributed by atoms with E-state index in [2.05, 4.69) is 17.4 Å². The van der Waals surface area contributed by atoms with Crippen LogP contribution in [0, 0.1) is 0 Å². The molecular formula is C21H25NO4S. The Morgan fingerprint density at radius 3 is 2.56 bits per heavy atom. The van der Waals surface area contributed by atoms with Crippen LogP contribution in [-0.4, -0.2) is 36.6 Å². The summed E-state index contributed by atoms with van der Waals surface area (Å²) >= 11 is 1.67. The molecule has 0 saturated carbocycles. The fourth-order valence-electron chi connectivity index (χ4n) is 3.17. The normalized spacial score (nSPS) is 14.0. The van der Waals surface area contributed by atoms with Crippen molar-refractivity contribution in [3.63, 3.8) is 0 Å². The minimum Gasteiger partial charge on any atom is -0.486 e. The molecule has 5 nitrogen and oxygen atoms in total. The fourth-order valence-corrected chi connectivity index (χ4v) is 3.79. The maximum Gasteiger partial charge on any atom is 0.303 e. The van der Waals surface area contributed by atoms with Gasteiger partial charge in [-0.15, -0.1) is 11.8 Å². The molecule has 0 radical (unpaired) electrons. The second-order valence-electron chi connectivity index (χ2n) is 6.51. The summed E-state index contributed by atoms with van der Waals surface area (Å²) in [5, 5.41) is 12.6. The van der Waals surface area contributed by atoms with Gasteiger partial charge in [0.15, 0.2) is 11.5 Å². The molecule has 1 aliphatic heterocycles. The van der Waals surface area contributed by atoms with Crippen molar-refractivity contribution >= 4 is 17.7 Å². The van der Waals surface area contributed by atoms with E-state index in [0.29, 0.717) is 26.2 Å². The highest BCUT2D eigenvalue weighted by molar-refractivity contribution is 7.98. The summed E-state index contributed by atoms with van der Waals surface area (Å²) in [6.07, 6.45) is 3.58. The second-order valence-corrected chi connectivity index (χ2v) is 7.36. The van der Waals surface area contributed by atoms with Crippen LogP contribution in [0.15, 0.2) is 47.4 Å². The predicted molar refractivity (Wildman–Crippen MR) is 107 cm³/mol. The van der Waals surface area contributed by atoms with Gasteiger partial charge >= 0.3 is 5.97 Å². The molecule has 6 heteroatoms. The van der Waals surface area contributed by atoms with Gasteiger partial charge in [-0.1, -0.05) is 30.3 Å². The summed E-state index contributed by atoms with van der Waals surface area (Å²) in [5.74, 6) is 0.807. The highest BCUT2D eigenvalue weighted by Crippen LogP contribution is 2.36. The number of nitrogens with one attached hydrogen (secondary N) is 1. The van der Waals surface area contributed by atoms with Gasteiger partial charge in [-0.25, -0.2) is 0 Å². The standard InChI is InChI=1S/C21H25NO4S/c1-27-20-13-19-18(25-9-10-26-19)12-16(20)14-22-17(7-8-21(23)24)11-15-5-3-2-4-6-15/h2-6,12-13,17,22H,7-11,14H2,1H3,(H,23,24). The fraction of sp³-hybridized carbons (Fsp3) is 0.381. The van der Waals surface area contributed by atoms with Crippen LogP contribution in [0.4, 0.5) is 0 Å². The summed E-state index contributed by atoms with van der Waals surface area (Å²) in [6, 6.07) is 14.3. The van der Waals surface area contributed by atoms with Gasteiger partial charge in [-0.05, 0) is 42.4 Å². The number of carboxylic acids is 1. The van der Waals surface area contributed by atoms with E-state index in [1.807, 2.05) is 36.6 Å². The lowest BCUT2D eigenvalue weighted by Gasteiger charge is -2.23. The van der Waals surface area contributed by atoms with Gasteiger partial charge in [-0.2, -0.15) is 0 Å². The first-order valence-corrected chi connectivity index (χ1v) is 10.3. The van der Waals surface area contributed by atoms with E-state index >= 15 is 0 Å². The molecule has 2 N–H and O–H groups in total. The minimum absolute atomic E-state index is 0.0893. The average Bonchev–Trinajstić information content (AvgIpc) is 2.70. The molecule has 0 aromatic heterocycles. The van der Waals surface area contributed by atoms with E-state index in [1.54, 1.807) is 11.8 Å². The average molecular weight is 388 g/mol. The molecule has 2 aromatic carbocycles. The molecule has 3 rings (SSSR count). The number of benzene rings is 2. The van der Waals surface area contributed by atoms with Crippen LogP contribution >= 0.6 is 11.8 Å². The van der Waals surface area contributed by atoms with Crippen LogP contribution in [0.2, 0.25) is 0 Å². The third-order valence-electron chi connectivity index (χ3n) is 4.56. The second kappa shape index (κ2) is 9.67. The van der Waals surface area contributed by atoms with E-state index in [-0.39, 0.29) is 12.5 Å². The monoisotopic (exact) mass is 387 g/mol. The van der Waals surface area contributed by atoms with Gasteiger partial charge in [0.05, 0.1) is 0 Å². The van der Waals surface area contributed by atoms with Gasteiger partial charge < -0.3 is 19.9 Å². The van der Waals surface area contributed by atoms with Crippen LogP contribution in [0.25, 0.3) is 0 Å². The van der Waals surface area contributed by atoms with Gasteiger partial charge in [-0.3, -0.25) is 4.79 Å². The Morgan fingerprint density at radius 1 is 1.19 bits per heavy atom. The van der Waals surface area contributed by atoms with Crippen LogP contribution in [-0.2, 0) is 17.8 Å². The van der Waals surface area contributed by atoms with Crippen molar-refractivity contribution in [2.45, 2.75) is 36.7 Å². The maximum atomic E-state index is 11.0. The quantitative estimate of drug-likeness (QED) is 0.639. The lowest BCUT2D eigenvalue weighted by atomic mass is 10.0. The Labute approximate surface area is 164 Å². The first-order valence-electron chi connectivity index (χ1n) is 9.11. The van der Waals surface area contributed by atoms with Gasteiger partial charge in [0.1, 0.15) is 13.2 Å². The maximum absolute atomic E-state index is 11.0. The van der Waals surface area contributed by atoms with Crippen LogP contribution in [0.1, 0.15) is 24.0 Å². The Bertz CT molecular complexity index is 766. The van der Waals surface area contributed by atoms with Crippen LogP contribution in [0.5, 0.6) is 11.5 Å². The van der Waals surface area contributed by atoms with Crippen molar-refractivity contribution in [3.05, 3.63) is 53.6 Å². The molecule has 1 unspecified atom stereocenters. The molecule has 1 aliphatic rings. The van der Waals surface area contributed by atoms with E-state index in [1.165, 1.54) is 5.56 Å². The lowest BCUT2D eigenvalue weighted by Crippen LogP contribution is -2.31. The number of hydrogen-bond acceptors (Lipinski definition) is 5. The molecule has 0 saturated heterocycles. The Kier molecular flexibility index (Phi) is 7.01. The molecule has 144 valence electrons. The first-order chi connectivity index (χ1) is 13.2. The Balaban J connectivity index is 1.71. The van der Waals surface area contributed by atoms with Crippen molar-refractivity contribution in [1.29, 1.82) is 0 Å². The number of fused-ring (bicyclic) bond motifs is 1. The summed E-state index contributed by atoms with van der Waals surface area (Å²) in [6.45, 7) is 1.80. The number of aliphatic carboxylic acids is 1. The van der Waals surface area contributed by atoms with E-state index in [4.69, 9.17) is 14.6 Å². The van der Waals surface area contributed by atoms with Crippen molar-refractivity contribution in [2.75, 3.05) is 19.5 Å². The summed E-state index contributed by atoms with van der Waals surface area (Å²) in [5.41, 5.74) is 2.34. The Hall–Kier alpha value is -2.18. The third kappa shape index (κ3) is 5.65. The van der Waals surface area contributed by atoms with Crippen molar-refractivity contribution in [1.82, 2.24) is 5.32 Å². The molecule has 0 aliphatic carbocycles. The Morgan fingerprint density at radius 2 is 1.89 bits per heavy atom. The molecule has 1 atom stereocenters. The summed E-state index contributed by atoms with van der Waals surface area (Å²) < 4.78 is 11.4. The van der Waals surface area contributed by atoms with Crippen molar-refractivity contribution in [2.24, 2.45) is 0 Å². The van der Waals surface area contributed by atoms with E-state index in [9.17, 15) is 4.79 Å². The highest BCUT2D eigenvalue weighted by Gasteiger charge is 2.17. The smallest absolute Gasteiger partial charge is 0.303 e. The molecule has 0 amide bonds. The SMILES string of the molecule is CSc1cc2c(cc1CNC(CCC(=O)O)Cc1ccccc1)OCCO2. The topological polar surface area (TPSA) is 67.8 Å². The number of thioether (sulfide) groups is 1. The van der Waals surface area contributed by atoms with E-state index < -0.39 is 5.97 Å². The number of carbonyl (C=O) groups is 1. The zero-order valence-electron chi connectivity index (χ0n) is 15.4. The lowest BCUT2D eigenvalue weighted by molar-refractivity contribution is -0.137. The van der Waals surface area contributed by atoms with Crippen LogP contribution in [0.3, 0.4) is 0 Å².